The summed E-state index contributed by atoms with van der Waals surface area (Å²) < 4.78 is 46.4. The maximum atomic E-state index is 13.4. The van der Waals surface area contributed by atoms with E-state index in [0.717, 1.165) is 6.07 Å². The number of hydrogen-bond donors (Lipinski definition) is 1. The molecule has 0 fully saturated rings. The summed E-state index contributed by atoms with van der Waals surface area (Å²) in [6, 6.07) is 12.9. The summed E-state index contributed by atoms with van der Waals surface area (Å²) in [5, 5.41) is 2.69. The fraction of sp³-hybridized carbons (Fsp3) is 0.182. The van der Waals surface area contributed by atoms with Crippen LogP contribution < -0.4 is 5.32 Å². The molecule has 1 N–H and O–H groups in total. The molecule has 0 aliphatic heterocycles. The van der Waals surface area contributed by atoms with Gasteiger partial charge in [-0.25, -0.2) is 4.79 Å². The second-order valence-electron chi connectivity index (χ2n) is 6.66. The first-order valence-electron chi connectivity index (χ1n) is 8.98. The highest BCUT2D eigenvalue weighted by atomic mass is 19.4. The Morgan fingerprint density at radius 2 is 1.63 bits per heavy atom. The van der Waals surface area contributed by atoms with E-state index >= 15 is 0 Å². The van der Waals surface area contributed by atoms with Crippen molar-refractivity contribution in [3.63, 3.8) is 0 Å². The number of methoxy groups -OCH3 is 1. The van der Waals surface area contributed by atoms with Gasteiger partial charge in [0.1, 0.15) is 0 Å². The van der Waals surface area contributed by atoms with Crippen molar-refractivity contribution in [3.05, 3.63) is 82.7 Å². The quantitative estimate of drug-likeness (QED) is 0.599. The maximum Gasteiger partial charge on any atom is 0.418 e. The first-order valence-corrected chi connectivity index (χ1v) is 8.98. The third kappa shape index (κ3) is 4.07. The number of anilines is 1. The molecule has 3 aromatic rings. The molecule has 0 aliphatic rings. The normalized spacial score (nSPS) is 11.3. The SMILES string of the molecule is COC(=O)c1ccc(NC(=O)c2cc(C)n(-c3ccccc3C(F)(F)F)c2C)cc1. The summed E-state index contributed by atoms with van der Waals surface area (Å²) in [6.45, 7) is 3.23. The van der Waals surface area contributed by atoms with Gasteiger partial charge in [0.15, 0.2) is 0 Å². The minimum Gasteiger partial charge on any atom is -0.465 e. The Morgan fingerprint density at radius 1 is 1.00 bits per heavy atom. The van der Waals surface area contributed by atoms with Crippen LogP contribution in [0.1, 0.15) is 37.7 Å². The monoisotopic (exact) mass is 416 g/mol. The van der Waals surface area contributed by atoms with Crippen molar-refractivity contribution >= 4 is 17.6 Å². The maximum absolute atomic E-state index is 13.4. The molecule has 5 nitrogen and oxygen atoms in total. The highest BCUT2D eigenvalue weighted by molar-refractivity contribution is 6.05. The molecule has 3 rings (SSSR count). The summed E-state index contributed by atoms with van der Waals surface area (Å²) in [5.74, 6) is -0.968. The number of amides is 1. The standard InChI is InChI=1S/C22H19F3N2O3/c1-13-12-17(20(28)26-16-10-8-15(9-11-16)21(29)30-3)14(2)27(13)19-7-5-4-6-18(19)22(23,24)25/h4-12H,1-3H3,(H,26,28). The summed E-state index contributed by atoms with van der Waals surface area (Å²) in [5.41, 5.74) is 1.08. The van der Waals surface area contributed by atoms with Crippen LogP contribution in [0, 0.1) is 13.8 Å². The molecule has 1 heterocycles. The van der Waals surface area contributed by atoms with E-state index in [1.54, 1.807) is 32.0 Å². The number of para-hydroxylation sites is 1. The van der Waals surface area contributed by atoms with Crippen LogP contribution in [0.2, 0.25) is 0 Å². The molecule has 0 atom stereocenters. The van der Waals surface area contributed by atoms with E-state index in [9.17, 15) is 22.8 Å². The third-order valence-electron chi connectivity index (χ3n) is 4.69. The molecule has 2 aromatic carbocycles. The Hall–Kier alpha value is -3.55. The zero-order valence-electron chi connectivity index (χ0n) is 16.5. The zero-order valence-corrected chi connectivity index (χ0v) is 16.5. The van der Waals surface area contributed by atoms with E-state index < -0.39 is 23.6 Å². The summed E-state index contributed by atoms with van der Waals surface area (Å²) in [7, 11) is 1.27. The topological polar surface area (TPSA) is 60.3 Å². The Bertz CT molecular complexity index is 1100. The van der Waals surface area contributed by atoms with Crippen LogP contribution in [0.15, 0.2) is 54.6 Å². The lowest BCUT2D eigenvalue weighted by atomic mass is 10.1. The fourth-order valence-electron chi connectivity index (χ4n) is 3.28. The number of carbonyl (C=O) groups excluding carboxylic acids is 2. The second-order valence-corrected chi connectivity index (χ2v) is 6.66. The van der Waals surface area contributed by atoms with Crippen molar-refractivity contribution in [3.8, 4) is 5.69 Å². The Morgan fingerprint density at radius 3 is 2.23 bits per heavy atom. The molecule has 0 radical (unpaired) electrons. The number of benzene rings is 2. The largest absolute Gasteiger partial charge is 0.465 e. The molecule has 30 heavy (non-hydrogen) atoms. The van der Waals surface area contributed by atoms with Crippen molar-refractivity contribution < 1.29 is 27.5 Å². The van der Waals surface area contributed by atoms with Gasteiger partial charge in [0.05, 0.1) is 29.5 Å². The van der Waals surface area contributed by atoms with E-state index in [1.807, 2.05) is 0 Å². The van der Waals surface area contributed by atoms with Gasteiger partial charge < -0.3 is 14.6 Å². The molecule has 0 unspecified atom stereocenters. The minimum atomic E-state index is -4.52. The van der Waals surface area contributed by atoms with Crippen LogP contribution in [0.25, 0.3) is 5.69 Å². The van der Waals surface area contributed by atoms with Crippen molar-refractivity contribution in [1.82, 2.24) is 4.57 Å². The molecule has 8 heteroatoms. The first kappa shape index (κ1) is 21.2. The number of ether oxygens (including phenoxy) is 1. The number of halogens is 3. The Balaban J connectivity index is 1.93. The zero-order chi connectivity index (χ0) is 22.1. The van der Waals surface area contributed by atoms with Gasteiger partial charge in [-0.05, 0) is 56.3 Å². The lowest BCUT2D eigenvalue weighted by Gasteiger charge is -2.16. The van der Waals surface area contributed by atoms with Gasteiger partial charge in [-0.2, -0.15) is 13.2 Å². The highest BCUT2D eigenvalue weighted by Gasteiger charge is 2.34. The van der Waals surface area contributed by atoms with E-state index in [4.69, 9.17) is 0 Å². The number of carbonyl (C=O) groups is 2. The third-order valence-corrected chi connectivity index (χ3v) is 4.69. The van der Waals surface area contributed by atoms with Crippen LogP contribution in [0.5, 0.6) is 0 Å². The number of alkyl halides is 3. The van der Waals surface area contributed by atoms with Gasteiger partial charge in [-0.3, -0.25) is 4.79 Å². The smallest absolute Gasteiger partial charge is 0.418 e. The van der Waals surface area contributed by atoms with Gasteiger partial charge in [-0.1, -0.05) is 12.1 Å². The van der Waals surface area contributed by atoms with Crippen LogP contribution >= 0.6 is 0 Å². The second kappa shape index (κ2) is 8.06. The van der Waals surface area contributed by atoms with Crippen LogP contribution in [0.4, 0.5) is 18.9 Å². The minimum absolute atomic E-state index is 0.0403. The van der Waals surface area contributed by atoms with E-state index in [1.165, 1.54) is 42.0 Å². The number of aromatic nitrogens is 1. The number of rotatable bonds is 4. The summed E-state index contributed by atoms with van der Waals surface area (Å²) in [4.78, 5) is 24.2. The van der Waals surface area contributed by atoms with Gasteiger partial charge in [0.25, 0.3) is 5.91 Å². The fourth-order valence-corrected chi connectivity index (χ4v) is 3.28. The van der Waals surface area contributed by atoms with Crippen LogP contribution in [0.3, 0.4) is 0 Å². The number of hydrogen-bond acceptors (Lipinski definition) is 3. The van der Waals surface area contributed by atoms with E-state index in [-0.39, 0.29) is 11.3 Å². The lowest BCUT2D eigenvalue weighted by Crippen LogP contribution is -2.15. The number of nitrogens with zero attached hydrogens (tertiary/aromatic N) is 1. The molecule has 0 aliphatic carbocycles. The predicted molar refractivity (Wildman–Crippen MR) is 106 cm³/mol. The Kier molecular flexibility index (Phi) is 5.69. The van der Waals surface area contributed by atoms with Gasteiger partial charge >= 0.3 is 12.1 Å². The summed E-state index contributed by atoms with van der Waals surface area (Å²) in [6.07, 6.45) is -4.52. The average molecular weight is 416 g/mol. The molecular formula is C22H19F3N2O3. The summed E-state index contributed by atoms with van der Waals surface area (Å²) >= 11 is 0. The van der Waals surface area contributed by atoms with Crippen molar-refractivity contribution in [2.24, 2.45) is 0 Å². The number of aryl methyl sites for hydroxylation is 1. The van der Waals surface area contributed by atoms with Gasteiger partial charge in [-0.15, -0.1) is 0 Å². The van der Waals surface area contributed by atoms with Gasteiger partial charge in [0, 0.05) is 17.1 Å². The van der Waals surface area contributed by atoms with Crippen LogP contribution in [-0.2, 0) is 10.9 Å². The van der Waals surface area contributed by atoms with E-state index in [2.05, 4.69) is 10.1 Å². The van der Waals surface area contributed by atoms with Gasteiger partial charge in [0.2, 0.25) is 0 Å². The average Bonchev–Trinajstić information content (AvgIpc) is 3.01. The molecule has 156 valence electrons. The van der Waals surface area contributed by atoms with Crippen molar-refractivity contribution in [1.29, 1.82) is 0 Å². The molecular weight excluding hydrogens is 397 g/mol. The van der Waals surface area contributed by atoms with Crippen molar-refractivity contribution in [2.75, 3.05) is 12.4 Å². The molecule has 0 saturated heterocycles. The molecule has 0 spiro atoms. The molecule has 1 aromatic heterocycles. The molecule has 1 amide bonds. The highest BCUT2D eigenvalue weighted by Crippen LogP contribution is 2.35. The predicted octanol–water partition coefficient (Wildman–Crippen LogP) is 5.15. The molecule has 0 saturated carbocycles. The molecule has 0 bridgehead atoms. The number of nitrogens with one attached hydrogen (secondary N) is 1. The first-order chi connectivity index (χ1) is 14.1. The number of esters is 1. The van der Waals surface area contributed by atoms with Crippen LogP contribution in [-0.4, -0.2) is 23.6 Å². The van der Waals surface area contributed by atoms with Crippen molar-refractivity contribution in [2.45, 2.75) is 20.0 Å². The lowest BCUT2D eigenvalue weighted by molar-refractivity contribution is -0.137. The van der Waals surface area contributed by atoms with E-state index in [0.29, 0.717) is 22.6 Å². The Labute approximate surface area is 171 Å².